The van der Waals surface area contributed by atoms with Crippen LogP contribution in [-0.2, 0) is 32.9 Å². The van der Waals surface area contributed by atoms with Gasteiger partial charge in [-0.3, -0.25) is 9.59 Å². The Labute approximate surface area is 173 Å². The van der Waals surface area contributed by atoms with Crippen LogP contribution >= 0.6 is 0 Å². The highest BCUT2D eigenvalue weighted by molar-refractivity contribution is 7.86. The minimum atomic E-state index is -3.42. The number of benzene rings is 1. The normalized spacial score (nSPS) is 19.1. The molecule has 2 fully saturated rings. The van der Waals surface area contributed by atoms with Crippen molar-refractivity contribution in [1.82, 2.24) is 18.8 Å². The Morgan fingerprint density at radius 3 is 2.38 bits per heavy atom. The molecule has 2 amide bonds. The molecule has 2 saturated heterocycles. The summed E-state index contributed by atoms with van der Waals surface area (Å²) in [5, 5.41) is 3.00. The maximum absolute atomic E-state index is 12.6. The summed E-state index contributed by atoms with van der Waals surface area (Å²) in [5.74, 6) is -0.0434. The average molecular weight is 423 g/mol. The van der Waals surface area contributed by atoms with Crippen molar-refractivity contribution < 1.29 is 18.0 Å². The molecule has 0 spiro atoms. The molecule has 0 unspecified atom stereocenters. The molecule has 9 heteroatoms. The molecule has 1 aromatic carbocycles. The van der Waals surface area contributed by atoms with Crippen LogP contribution in [0.15, 0.2) is 24.3 Å². The lowest BCUT2D eigenvalue weighted by Gasteiger charge is -2.32. The molecule has 0 saturated carbocycles. The number of hydrogen-bond donors (Lipinski definition) is 1. The summed E-state index contributed by atoms with van der Waals surface area (Å²) in [4.78, 5) is 26.4. The average Bonchev–Trinajstić information content (AvgIpc) is 3.11. The lowest BCUT2D eigenvalue weighted by atomic mass is 9.97. The third kappa shape index (κ3) is 5.15. The summed E-state index contributed by atoms with van der Waals surface area (Å²) >= 11 is 0. The molecule has 0 bridgehead atoms. The molecule has 1 aromatic rings. The van der Waals surface area contributed by atoms with Gasteiger partial charge in [0.15, 0.2) is 0 Å². The van der Waals surface area contributed by atoms with Gasteiger partial charge in [0.05, 0.1) is 0 Å². The van der Waals surface area contributed by atoms with Crippen LogP contribution in [0, 0.1) is 5.92 Å². The molecule has 0 atom stereocenters. The predicted octanol–water partition coefficient (Wildman–Crippen LogP) is 0.944. The fourth-order valence-electron chi connectivity index (χ4n) is 3.87. The number of carbonyl (C=O) groups excluding carboxylic acids is 2. The van der Waals surface area contributed by atoms with E-state index in [-0.39, 0.29) is 17.7 Å². The Kier molecular flexibility index (Phi) is 6.92. The fourth-order valence-corrected chi connectivity index (χ4v) is 5.00. The number of likely N-dealkylation sites (tertiary alicyclic amines) is 1. The van der Waals surface area contributed by atoms with Crippen LogP contribution in [0.1, 0.15) is 36.8 Å². The van der Waals surface area contributed by atoms with Crippen LogP contribution < -0.4 is 5.32 Å². The van der Waals surface area contributed by atoms with Crippen molar-refractivity contribution in [2.45, 2.75) is 38.8 Å². The van der Waals surface area contributed by atoms with Gasteiger partial charge < -0.3 is 10.2 Å². The smallest absolute Gasteiger partial charge is 0.281 e. The Balaban J connectivity index is 1.53. The SMILES string of the molecule is CN(C)S(=O)(=O)N1CCC(C(=O)NCc2ccccc2CN2CCCC2=O)CC1. The van der Waals surface area contributed by atoms with E-state index in [1.807, 2.05) is 29.2 Å². The highest BCUT2D eigenvalue weighted by Crippen LogP contribution is 2.21. The van der Waals surface area contributed by atoms with Gasteiger partial charge in [-0.2, -0.15) is 17.0 Å². The lowest BCUT2D eigenvalue weighted by Crippen LogP contribution is -2.46. The maximum Gasteiger partial charge on any atom is 0.281 e. The van der Waals surface area contributed by atoms with Gasteiger partial charge in [-0.25, -0.2) is 0 Å². The molecule has 8 nitrogen and oxygen atoms in total. The summed E-state index contributed by atoms with van der Waals surface area (Å²) in [6, 6.07) is 7.85. The van der Waals surface area contributed by atoms with Crippen LogP contribution in [0.5, 0.6) is 0 Å². The van der Waals surface area contributed by atoms with Gasteiger partial charge in [-0.1, -0.05) is 24.3 Å². The molecule has 160 valence electrons. The second-order valence-corrected chi connectivity index (χ2v) is 10.0. The number of amides is 2. The first-order valence-corrected chi connectivity index (χ1v) is 11.5. The second-order valence-electron chi connectivity index (χ2n) is 7.87. The summed E-state index contributed by atoms with van der Waals surface area (Å²) in [6.45, 7) is 2.48. The van der Waals surface area contributed by atoms with Crippen LogP contribution in [0.25, 0.3) is 0 Å². The molecular weight excluding hydrogens is 392 g/mol. The maximum atomic E-state index is 12.6. The number of carbonyl (C=O) groups is 2. The zero-order chi connectivity index (χ0) is 21.0. The molecular formula is C20H30N4O4S. The molecule has 2 aliphatic heterocycles. The van der Waals surface area contributed by atoms with E-state index in [0.717, 1.165) is 24.1 Å². The van der Waals surface area contributed by atoms with Gasteiger partial charge in [-0.15, -0.1) is 0 Å². The third-order valence-corrected chi connectivity index (χ3v) is 7.66. The number of hydrogen-bond acceptors (Lipinski definition) is 4. The van der Waals surface area contributed by atoms with E-state index in [2.05, 4.69) is 5.32 Å². The third-order valence-electron chi connectivity index (χ3n) is 5.72. The first-order valence-electron chi connectivity index (χ1n) is 10.1. The predicted molar refractivity (Wildman–Crippen MR) is 110 cm³/mol. The van der Waals surface area contributed by atoms with Gasteiger partial charge in [-0.05, 0) is 30.4 Å². The summed E-state index contributed by atoms with van der Waals surface area (Å²) < 4.78 is 27.0. The molecule has 2 heterocycles. The van der Waals surface area contributed by atoms with Gasteiger partial charge in [0.2, 0.25) is 11.8 Å². The Hall–Kier alpha value is -1.97. The topological polar surface area (TPSA) is 90.0 Å². The first-order chi connectivity index (χ1) is 13.8. The van der Waals surface area contributed by atoms with Gasteiger partial charge in [0, 0.05) is 59.2 Å². The highest BCUT2D eigenvalue weighted by Gasteiger charge is 2.32. The molecule has 1 N–H and O–H groups in total. The Morgan fingerprint density at radius 1 is 1.14 bits per heavy atom. The van der Waals surface area contributed by atoms with Gasteiger partial charge >= 0.3 is 0 Å². The summed E-state index contributed by atoms with van der Waals surface area (Å²) in [6.07, 6.45) is 2.55. The monoisotopic (exact) mass is 422 g/mol. The number of nitrogens with one attached hydrogen (secondary N) is 1. The van der Waals surface area contributed by atoms with Crippen molar-refractivity contribution in [3.05, 3.63) is 35.4 Å². The van der Waals surface area contributed by atoms with E-state index in [1.54, 1.807) is 0 Å². The minimum Gasteiger partial charge on any atom is -0.352 e. The van der Waals surface area contributed by atoms with E-state index in [4.69, 9.17) is 0 Å². The molecule has 0 aromatic heterocycles. The van der Waals surface area contributed by atoms with Crippen LogP contribution in [-0.4, -0.2) is 67.5 Å². The molecule has 0 aliphatic carbocycles. The van der Waals surface area contributed by atoms with Crippen LogP contribution in [0.3, 0.4) is 0 Å². The van der Waals surface area contributed by atoms with Crippen molar-refractivity contribution in [2.24, 2.45) is 5.92 Å². The van der Waals surface area contributed by atoms with E-state index in [9.17, 15) is 18.0 Å². The van der Waals surface area contributed by atoms with E-state index in [0.29, 0.717) is 45.4 Å². The van der Waals surface area contributed by atoms with Crippen LogP contribution in [0.4, 0.5) is 0 Å². The van der Waals surface area contributed by atoms with Crippen LogP contribution in [0.2, 0.25) is 0 Å². The van der Waals surface area contributed by atoms with Crippen molar-refractivity contribution in [1.29, 1.82) is 0 Å². The van der Waals surface area contributed by atoms with Gasteiger partial charge in [0.25, 0.3) is 10.2 Å². The minimum absolute atomic E-state index is 0.0426. The quantitative estimate of drug-likeness (QED) is 0.708. The first kappa shape index (κ1) is 21.7. The molecule has 2 aliphatic rings. The van der Waals surface area contributed by atoms with E-state index in [1.165, 1.54) is 22.7 Å². The Morgan fingerprint density at radius 2 is 1.79 bits per heavy atom. The van der Waals surface area contributed by atoms with Crippen molar-refractivity contribution in [3.8, 4) is 0 Å². The molecule has 29 heavy (non-hydrogen) atoms. The van der Waals surface area contributed by atoms with Gasteiger partial charge in [0.1, 0.15) is 0 Å². The zero-order valence-electron chi connectivity index (χ0n) is 17.1. The lowest BCUT2D eigenvalue weighted by molar-refractivity contribution is -0.128. The standard InChI is InChI=1S/C20H30N4O4S/c1-22(2)29(27,28)24-12-9-16(10-13-24)20(26)21-14-17-6-3-4-7-18(17)15-23-11-5-8-19(23)25/h3-4,6-7,16H,5,8-15H2,1-2H3,(H,21,26). The molecule has 3 rings (SSSR count). The summed E-state index contributed by atoms with van der Waals surface area (Å²) in [7, 11) is -0.393. The highest BCUT2D eigenvalue weighted by atomic mass is 32.2. The van der Waals surface area contributed by atoms with E-state index < -0.39 is 10.2 Å². The Bertz CT molecular complexity index is 848. The van der Waals surface area contributed by atoms with Crippen molar-refractivity contribution in [3.63, 3.8) is 0 Å². The second kappa shape index (κ2) is 9.23. The van der Waals surface area contributed by atoms with Crippen molar-refractivity contribution >= 4 is 22.0 Å². The number of piperidine rings is 1. The molecule has 0 radical (unpaired) electrons. The van der Waals surface area contributed by atoms with E-state index >= 15 is 0 Å². The number of nitrogens with zero attached hydrogens (tertiary/aromatic N) is 3. The van der Waals surface area contributed by atoms with Crippen molar-refractivity contribution in [2.75, 3.05) is 33.7 Å². The zero-order valence-corrected chi connectivity index (χ0v) is 18.0. The summed E-state index contributed by atoms with van der Waals surface area (Å²) in [5.41, 5.74) is 2.06. The number of rotatable bonds is 7. The largest absolute Gasteiger partial charge is 0.352 e. The fraction of sp³-hybridized carbons (Fsp3) is 0.600.